The van der Waals surface area contributed by atoms with Crippen molar-refractivity contribution in [2.45, 2.75) is 13.8 Å². The molecule has 0 heterocycles. The van der Waals surface area contributed by atoms with Crippen LogP contribution in [0.2, 0.25) is 0 Å². The first-order valence-corrected chi connectivity index (χ1v) is 4.59. The van der Waals surface area contributed by atoms with Gasteiger partial charge in [0.15, 0.2) is 5.78 Å². The summed E-state index contributed by atoms with van der Waals surface area (Å²) in [5.41, 5.74) is 0.683. The number of rotatable bonds is 4. The molecule has 0 aromatic heterocycles. The predicted molar refractivity (Wildman–Crippen MR) is 56.8 cm³/mol. The first-order valence-electron chi connectivity index (χ1n) is 4.59. The van der Waals surface area contributed by atoms with Crippen LogP contribution in [0.5, 0.6) is 5.75 Å². The van der Waals surface area contributed by atoms with Crippen molar-refractivity contribution in [1.82, 2.24) is 0 Å². The standard InChI is InChI=1S/C12H14O2/c1-3-4-8-14-12-7-5-6-11(9-12)10(2)13/h3-7,9H,8H2,1-2H3/b4-3+. The minimum atomic E-state index is 0.0569. The second kappa shape index (κ2) is 5.22. The van der Waals surface area contributed by atoms with Crippen molar-refractivity contribution in [2.75, 3.05) is 6.61 Å². The Morgan fingerprint density at radius 1 is 1.50 bits per heavy atom. The molecule has 0 aliphatic carbocycles. The number of carbonyl (C=O) groups excluding carboxylic acids is 1. The molecule has 0 saturated carbocycles. The summed E-state index contributed by atoms with van der Waals surface area (Å²) in [5, 5.41) is 0. The number of benzene rings is 1. The van der Waals surface area contributed by atoms with Gasteiger partial charge in [-0.05, 0) is 26.0 Å². The fraction of sp³-hybridized carbons (Fsp3) is 0.250. The highest BCUT2D eigenvalue weighted by molar-refractivity contribution is 5.94. The summed E-state index contributed by atoms with van der Waals surface area (Å²) in [6.45, 7) is 4.03. The van der Waals surface area contributed by atoms with Crippen LogP contribution in [0.25, 0.3) is 0 Å². The first-order chi connectivity index (χ1) is 6.74. The van der Waals surface area contributed by atoms with E-state index in [-0.39, 0.29) is 5.78 Å². The maximum atomic E-state index is 11.1. The molecule has 1 aromatic carbocycles. The van der Waals surface area contributed by atoms with E-state index in [9.17, 15) is 4.79 Å². The fourth-order valence-electron chi connectivity index (χ4n) is 1.05. The third-order valence-corrected chi connectivity index (χ3v) is 1.82. The van der Waals surface area contributed by atoms with Crippen molar-refractivity contribution in [2.24, 2.45) is 0 Å². The Morgan fingerprint density at radius 3 is 2.93 bits per heavy atom. The van der Waals surface area contributed by atoms with Gasteiger partial charge in [0.25, 0.3) is 0 Å². The van der Waals surface area contributed by atoms with E-state index in [1.807, 2.05) is 31.2 Å². The Balaban J connectivity index is 2.68. The van der Waals surface area contributed by atoms with Crippen LogP contribution in [-0.4, -0.2) is 12.4 Å². The monoisotopic (exact) mass is 190 g/mol. The van der Waals surface area contributed by atoms with Crippen LogP contribution >= 0.6 is 0 Å². The number of hydrogen-bond acceptors (Lipinski definition) is 2. The van der Waals surface area contributed by atoms with Gasteiger partial charge >= 0.3 is 0 Å². The van der Waals surface area contributed by atoms with E-state index in [4.69, 9.17) is 4.74 Å². The highest BCUT2D eigenvalue weighted by Gasteiger charge is 1.99. The minimum Gasteiger partial charge on any atom is -0.490 e. The van der Waals surface area contributed by atoms with Gasteiger partial charge in [-0.25, -0.2) is 0 Å². The van der Waals surface area contributed by atoms with Crippen molar-refractivity contribution in [1.29, 1.82) is 0 Å². The number of allylic oxidation sites excluding steroid dienone is 1. The zero-order valence-electron chi connectivity index (χ0n) is 8.49. The van der Waals surface area contributed by atoms with E-state index in [0.717, 1.165) is 5.75 Å². The van der Waals surface area contributed by atoms with Gasteiger partial charge in [0.1, 0.15) is 12.4 Å². The minimum absolute atomic E-state index is 0.0569. The van der Waals surface area contributed by atoms with Gasteiger partial charge in [-0.15, -0.1) is 0 Å². The molecule has 0 amide bonds. The Hall–Kier alpha value is -1.57. The number of Topliss-reactive ketones (excluding diaryl/α,β-unsaturated/α-hetero) is 1. The van der Waals surface area contributed by atoms with Crippen LogP contribution in [0.1, 0.15) is 24.2 Å². The summed E-state index contributed by atoms with van der Waals surface area (Å²) in [6, 6.07) is 7.20. The Morgan fingerprint density at radius 2 is 2.29 bits per heavy atom. The van der Waals surface area contributed by atoms with Crippen LogP contribution in [0, 0.1) is 0 Å². The second-order valence-electron chi connectivity index (χ2n) is 2.96. The molecule has 2 nitrogen and oxygen atoms in total. The second-order valence-corrected chi connectivity index (χ2v) is 2.96. The van der Waals surface area contributed by atoms with E-state index in [0.29, 0.717) is 12.2 Å². The highest BCUT2D eigenvalue weighted by Crippen LogP contribution is 2.13. The Bertz CT molecular complexity index is 340. The van der Waals surface area contributed by atoms with E-state index in [2.05, 4.69) is 0 Å². The van der Waals surface area contributed by atoms with Crippen LogP contribution in [0.15, 0.2) is 36.4 Å². The molecule has 0 atom stereocenters. The van der Waals surface area contributed by atoms with Crippen LogP contribution in [0.3, 0.4) is 0 Å². The topological polar surface area (TPSA) is 26.3 Å². The lowest BCUT2D eigenvalue weighted by atomic mass is 10.1. The maximum absolute atomic E-state index is 11.1. The molecule has 0 unspecified atom stereocenters. The van der Waals surface area contributed by atoms with Gasteiger partial charge in [0.2, 0.25) is 0 Å². The molecule has 1 rings (SSSR count). The lowest BCUT2D eigenvalue weighted by molar-refractivity contribution is 0.101. The third-order valence-electron chi connectivity index (χ3n) is 1.82. The quantitative estimate of drug-likeness (QED) is 0.539. The number of carbonyl (C=O) groups is 1. The van der Waals surface area contributed by atoms with Gasteiger partial charge in [0.05, 0.1) is 0 Å². The zero-order valence-corrected chi connectivity index (χ0v) is 8.49. The van der Waals surface area contributed by atoms with Crippen molar-refractivity contribution < 1.29 is 9.53 Å². The molecular weight excluding hydrogens is 176 g/mol. The molecule has 0 N–H and O–H groups in total. The van der Waals surface area contributed by atoms with Gasteiger partial charge in [0, 0.05) is 5.56 Å². The molecule has 0 aliphatic rings. The molecule has 0 radical (unpaired) electrons. The summed E-state index contributed by atoms with van der Waals surface area (Å²) >= 11 is 0. The van der Waals surface area contributed by atoms with Gasteiger partial charge in [-0.2, -0.15) is 0 Å². The smallest absolute Gasteiger partial charge is 0.159 e. The van der Waals surface area contributed by atoms with Crippen LogP contribution < -0.4 is 4.74 Å². The molecule has 1 aromatic rings. The van der Waals surface area contributed by atoms with Crippen molar-refractivity contribution in [3.63, 3.8) is 0 Å². The number of ketones is 1. The average molecular weight is 190 g/mol. The molecule has 74 valence electrons. The van der Waals surface area contributed by atoms with E-state index in [1.165, 1.54) is 0 Å². The molecular formula is C12H14O2. The summed E-state index contributed by atoms with van der Waals surface area (Å²) in [7, 11) is 0. The van der Waals surface area contributed by atoms with Crippen molar-refractivity contribution in [3.8, 4) is 5.75 Å². The molecule has 0 bridgehead atoms. The summed E-state index contributed by atoms with van der Waals surface area (Å²) in [6.07, 6.45) is 3.84. The molecule has 0 spiro atoms. The van der Waals surface area contributed by atoms with Crippen LogP contribution in [0.4, 0.5) is 0 Å². The number of hydrogen-bond donors (Lipinski definition) is 0. The van der Waals surface area contributed by atoms with Gasteiger partial charge < -0.3 is 4.74 Å². The molecule has 0 saturated heterocycles. The number of ether oxygens (including phenoxy) is 1. The van der Waals surface area contributed by atoms with E-state index < -0.39 is 0 Å². The van der Waals surface area contributed by atoms with Crippen molar-refractivity contribution >= 4 is 5.78 Å². The molecule has 0 fully saturated rings. The SMILES string of the molecule is C/C=C/COc1cccc(C(C)=O)c1. The lowest BCUT2D eigenvalue weighted by Crippen LogP contribution is -1.96. The predicted octanol–water partition coefficient (Wildman–Crippen LogP) is 2.84. The lowest BCUT2D eigenvalue weighted by Gasteiger charge is -2.03. The summed E-state index contributed by atoms with van der Waals surface area (Å²) in [5.74, 6) is 0.789. The van der Waals surface area contributed by atoms with Gasteiger partial charge in [-0.1, -0.05) is 24.3 Å². The van der Waals surface area contributed by atoms with Crippen molar-refractivity contribution in [3.05, 3.63) is 42.0 Å². The largest absolute Gasteiger partial charge is 0.490 e. The molecule has 2 heteroatoms. The van der Waals surface area contributed by atoms with E-state index in [1.54, 1.807) is 19.1 Å². The Kier molecular flexibility index (Phi) is 3.92. The summed E-state index contributed by atoms with van der Waals surface area (Å²) < 4.78 is 5.40. The maximum Gasteiger partial charge on any atom is 0.159 e. The normalized spacial score (nSPS) is 10.4. The third kappa shape index (κ3) is 3.05. The average Bonchev–Trinajstić information content (AvgIpc) is 2.19. The summed E-state index contributed by atoms with van der Waals surface area (Å²) in [4.78, 5) is 11.1. The van der Waals surface area contributed by atoms with Gasteiger partial charge in [-0.3, -0.25) is 4.79 Å². The first kappa shape index (κ1) is 10.5. The Labute approximate surface area is 84.2 Å². The molecule has 0 aliphatic heterocycles. The zero-order chi connectivity index (χ0) is 10.4. The van der Waals surface area contributed by atoms with Crippen LogP contribution in [-0.2, 0) is 0 Å². The van der Waals surface area contributed by atoms with E-state index >= 15 is 0 Å². The molecule has 14 heavy (non-hydrogen) atoms. The highest BCUT2D eigenvalue weighted by atomic mass is 16.5. The fourth-order valence-corrected chi connectivity index (χ4v) is 1.05.